The SMILES string of the molecule is CC[C@@H]([C@@H](O)C(=O)NC1CC1)N(NCC(F)(F)C(F)(F)F)C(=O)CCSCc1cccnc1. The Kier molecular flexibility index (Phi) is 9.85. The predicted molar refractivity (Wildman–Crippen MR) is 112 cm³/mol. The van der Waals surface area contributed by atoms with Crippen LogP contribution in [0.25, 0.3) is 0 Å². The molecule has 2 rings (SSSR count). The fraction of sp³-hybridized carbons (Fsp3) is 0.650. The van der Waals surface area contributed by atoms with E-state index in [2.05, 4.69) is 10.3 Å². The van der Waals surface area contributed by atoms with Gasteiger partial charge in [-0.2, -0.15) is 33.7 Å². The molecule has 1 aliphatic carbocycles. The van der Waals surface area contributed by atoms with Crippen molar-refractivity contribution in [3.05, 3.63) is 30.1 Å². The minimum atomic E-state index is -5.82. The van der Waals surface area contributed by atoms with Gasteiger partial charge in [0.15, 0.2) is 6.10 Å². The van der Waals surface area contributed by atoms with Gasteiger partial charge in [-0.05, 0) is 30.9 Å². The van der Waals surface area contributed by atoms with Crippen LogP contribution in [0.5, 0.6) is 0 Å². The van der Waals surface area contributed by atoms with Gasteiger partial charge in [0.25, 0.3) is 5.91 Å². The lowest BCUT2D eigenvalue weighted by atomic mass is 10.1. The van der Waals surface area contributed by atoms with E-state index >= 15 is 0 Å². The molecule has 0 unspecified atom stereocenters. The second-order valence-electron chi connectivity index (χ2n) is 7.67. The van der Waals surface area contributed by atoms with Gasteiger partial charge in [-0.15, -0.1) is 0 Å². The summed E-state index contributed by atoms with van der Waals surface area (Å²) >= 11 is 1.35. The zero-order valence-corrected chi connectivity index (χ0v) is 18.8. The van der Waals surface area contributed by atoms with Crippen molar-refractivity contribution in [1.82, 2.24) is 20.7 Å². The third-order valence-electron chi connectivity index (χ3n) is 4.91. The van der Waals surface area contributed by atoms with E-state index in [0.717, 1.165) is 18.4 Å². The molecule has 0 bridgehead atoms. The third-order valence-corrected chi connectivity index (χ3v) is 5.94. The first-order valence-electron chi connectivity index (χ1n) is 10.4. The van der Waals surface area contributed by atoms with E-state index in [9.17, 15) is 36.6 Å². The number of hydrogen-bond acceptors (Lipinski definition) is 6. The van der Waals surface area contributed by atoms with Crippen LogP contribution in [0, 0.1) is 0 Å². The molecule has 7 nitrogen and oxygen atoms in total. The maximum atomic E-state index is 13.5. The number of rotatable bonds is 13. The van der Waals surface area contributed by atoms with E-state index in [1.54, 1.807) is 18.5 Å². The molecule has 2 amide bonds. The normalized spacial score (nSPS) is 16.2. The van der Waals surface area contributed by atoms with Crippen LogP contribution in [-0.2, 0) is 15.3 Å². The molecule has 186 valence electrons. The summed E-state index contributed by atoms with van der Waals surface area (Å²) in [7, 11) is 0. The summed E-state index contributed by atoms with van der Waals surface area (Å²) in [5.74, 6) is -5.97. The molecule has 1 aliphatic rings. The largest absolute Gasteiger partial charge is 0.454 e. The fourth-order valence-corrected chi connectivity index (χ4v) is 3.73. The summed E-state index contributed by atoms with van der Waals surface area (Å²) in [6.07, 6.45) is -3.18. The second-order valence-corrected chi connectivity index (χ2v) is 8.77. The number of hydrogen-bond donors (Lipinski definition) is 3. The number of carbonyl (C=O) groups excluding carboxylic acids is 2. The molecule has 0 aromatic carbocycles. The average Bonchev–Trinajstić information content (AvgIpc) is 3.57. The molecule has 0 aliphatic heterocycles. The molecule has 1 aromatic heterocycles. The zero-order valence-electron chi connectivity index (χ0n) is 17.9. The molecule has 0 spiro atoms. The van der Waals surface area contributed by atoms with Gasteiger partial charge in [-0.25, -0.2) is 5.43 Å². The Hall–Kier alpha value is -1.99. The van der Waals surface area contributed by atoms with Crippen LogP contribution in [0.2, 0.25) is 0 Å². The van der Waals surface area contributed by atoms with Gasteiger partial charge in [-0.1, -0.05) is 13.0 Å². The minimum Gasteiger partial charge on any atom is -0.381 e. The van der Waals surface area contributed by atoms with E-state index in [1.807, 2.05) is 11.5 Å². The van der Waals surface area contributed by atoms with Gasteiger partial charge in [0.2, 0.25) is 5.91 Å². The van der Waals surface area contributed by atoms with Crippen LogP contribution in [-0.4, -0.2) is 69.5 Å². The molecule has 1 saturated carbocycles. The first kappa shape index (κ1) is 27.3. The lowest BCUT2D eigenvalue weighted by molar-refractivity contribution is -0.282. The van der Waals surface area contributed by atoms with E-state index in [-0.39, 0.29) is 24.6 Å². The Morgan fingerprint density at radius 1 is 1.30 bits per heavy atom. The Balaban J connectivity index is 2.05. The monoisotopic (exact) mass is 498 g/mol. The van der Waals surface area contributed by atoms with Crippen molar-refractivity contribution in [3.63, 3.8) is 0 Å². The number of aromatic nitrogens is 1. The lowest BCUT2D eigenvalue weighted by Gasteiger charge is -2.35. The minimum absolute atomic E-state index is 0.0571. The summed E-state index contributed by atoms with van der Waals surface area (Å²) in [6, 6.07) is 2.13. The first-order valence-corrected chi connectivity index (χ1v) is 11.6. The van der Waals surface area contributed by atoms with E-state index < -0.39 is 42.6 Å². The third kappa shape index (κ3) is 8.38. The quantitative estimate of drug-likeness (QED) is 0.220. The van der Waals surface area contributed by atoms with Crippen molar-refractivity contribution in [2.45, 2.75) is 68.6 Å². The van der Waals surface area contributed by atoms with Crippen molar-refractivity contribution < 1.29 is 36.6 Å². The van der Waals surface area contributed by atoms with Gasteiger partial charge < -0.3 is 10.4 Å². The first-order chi connectivity index (χ1) is 15.5. The van der Waals surface area contributed by atoms with Crippen LogP contribution < -0.4 is 10.7 Å². The number of halogens is 5. The van der Waals surface area contributed by atoms with Crippen molar-refractivity contribution in [1.29, 1.82) is 0 Å². The summed E-state index contributed by atoms with van der Waals surface area (Å²) < 4.78 is 64.8. The molecule has 13 heteroatoms. The summed E-state index contributed by atoms with van der Waals surface area (Å²) in [5.41, 5.74) is 2.73. The molecule has 1 fully saturated rings. The van der Waals surface area contributed by atoms with E-state index in [4.69, 9.17) is 0 Å². The van der Waals surface area contributed by atoms with Gasteiger partial charge in [0.1, 0.15) is 0 Å². The highest BCUT2D eigenvalue weighted by Gasteiger charge is 2.57. The Labute approximate surface area is 192 Å². The van der Waals surface area contributed by atoms with Crippen molar-refractivity contribution in [2.24, 2.45) is 0 Å². The van der Waals surface area contributed by atoms with Gasteiger partial charge >= 0.3 is 12.1 Å². The average molecular weight is 499 g/mol. The van der Waals surface area contributed by atoms with Crippen LogP contribution in [0.4, 0.5) is 22.0 Å². The zero-order chi connectivity index (χ0) is 24.6. The number of pyridine rings is 1. The highest BCUT2D eigenvalue weighted by Crippen LogP contribution is 2.34. The molecule has 1 heterocycles. The molecule has 0 radical (unpaired) electrons. The van der Waals surface area contributed by atoms with Crippen LogP contribution >= 0.6 is 11.8 Å². The van der Waals surface area contributed by atoms with E-state index in [1.165, 1.54) is 18.7 Å². The van der Waals surface area contributed by atoms with Crippen LogP contribution in [0.1, 0.15) is 38.2 Å². The summed E-state index contributed by atoms with van der Waals surface area (Å²) in [4.78, 5) is 28.9. The topological polar surface area (TPSA) is 94.6 Å². The van der Waals surface area contributed by atoms with Crippen molar-refractivity contribution >= 4 is 23.6 Å². The van der Waals surface area contributed by atoms with Gasteiger partial charge in [0, 0.05) is 36.4 Å². The van der Waals surface area contributed by atoms with Crippen LogP contribution in [0.15, 0.2) is 24.5 Å². The number of alkyl halides is 5. The van der Waals surface area contributed by atoms with Crippen molar-refractivity contribution in [3.8, 4) is 0 Å². The maximum absolute atomic E-state index is 13.5. The smallest absolute Gasteiger partial charge is 0.381 e. The number of nitrogens with one attached hydrogen (secondary N) is 2. The molecule has 33 heavy (non-hydrogen) atoms. The predicted octanol–water partition coefficient (Wildman–Crippen LogP) is 2.65. The van der Waals surface area contributed by atoms with Crippen LogP contribution in [0.3, 0.4) is 0 Å². The highest BCUT2D eigenvalue weighted by molar-refractivity contribution is 7.98. The Bertz CT molecular complexity index is 781. The number of carbonyl (C=O) groups is 2. The molecular weight excluding hydrogens is 471 g/mol. The molecule has 1 aromatic rings. The van der Waals surface area contributed by atoms with Gasteiger partial charge in [0.05, 0.1) is 12.6 Å². The number of hydrazine groups is 1. The number of aliphatic hydroxyl groups is 1. The Morgan fingerprint density at radius 2 is 2.00 bits per heavy atom. The highest BCUT2D eigenvalue weighted by atomic mass is 32.2. The number of thioether (sulfide) groups is 1. The Morgan fingerprint density at radius 3 is 2.55 bits per heavy atom. The standard InChI is InChI=1S/C20H27F5N4O3S/c1-2-15(17(31)18(32)28-14-5-6-14)29(27-12-19(21,22)20(23,24)25)16(30)7-9-33-11-13-4-3-8-26-10-13/h3-4,8,10,14-15,17,27,31H,2,5-7,9,11-12H2,1H3,(H,28,32)/t15-,17+/m0/s1. The fourth-order valence-electron chi connectivity index (χ4n) is 2.86. The van der Waals surface area contributed by atoms with Gasteiger partial charge in [-0.3, -0.25) is 19.6 Å². The van der Waals surface area contributed by atoms with Crippen molar-refractivity contribution in [2.75, 3.05) is 12.3 Å². The number of aliphatic hydroxyl groups excluding tert-OH is 1. The molecule has 3 N–H and O–H groups in total. The number of nitrogens with zero attached hydrogens (tertiary/aromatic N) is 2. The summed E-state index contributed by atoms with van der Waals surface area (Å²) in [5, 5.41) is 13.5. The van der Waals surface area contributed by atoms with E-state index in [0.29, 0.717) is 10.8 Å². The molecular formula is C20H27F5N4O3S. The summed E-state index contributed by atoms with van der Waals surface area (Å²) in [6.45, 7) is -0.419. The lowest BCUT2D eigenvalue weighted by Crippen LogP contribution is -2.60. The maximum Gasteiger partial charge on any atom is 0.454 e. The molecule has 2 atom stereocenters. The number of amides is 2. The molecule has 0 saturated heterocycles. The second kappa shape index (κ2) is 11.9.